The van der Waals surface area contributed by atoms with E-state index in [1.54, 1.807) is 0 Å². The van der Waals surface area contributed by atoms with E-state index >= 15 is 0 Å². The van der Waals surface area contributed by atoms with Crippen LogP contribution < -0.4 is 5.56 Å². The second kappa shape index (κ2) is 5.16. The third-order valence-corrected chi connectivity index (χ3v) is 3.52. The molecule has 7 heteroatoms. The normalized spacial score (nSPS) is 10.7. The van der Waals surface area contributed by atoms with Crippen LogP contribution in [0.1, 0.15) is 5.56 Å². The molecule has 0 radical (unpaired) electrons. The molecule has 2 rings (SSSR count). The first-order valence-corrected chi connectivity index (χ1v) is 6.00. The minimum absolute atomic E-state index is 0.0240. The molecule has 0 fully saturated rings. The van der Waals surface area contributed by atoms with Crippen molar-refractivity contribution >= 4 is 27.5 Å². The van der Waals surface area contributed by atoms with Gasteiger partial charge in [-0.1, -0.05) is 11.6 Å². The zero-order valence-corrected chi connectivity index (χ0v) is 11.2. The molecule has 94 valence electrons. The van der Waals surface area contributed by atoms with E-state index in [1.807, 2.05) is 0 Å². The van der Waals surface area contributed by atoms with E-state index in [2.05, 4.69) is 20.9 Å². The van der Waals surface area contributed by atoms with Crippen LogP contribution in [-0.2, 0) is 6.54 Å². The van der Waals surface area contributed by atoms with Crippen molar-refractivity contribution in [3.05, 3.63) is 61.7 Å². The Labute approximate surface area is 114 Å². The van der Waals surface area contributed by atoms with Gasteiger partial charge in [0.05, 0.1) is 12.9 Å². The Morgan fingerprint density at radius 2 is 2.11 bits per heavy atom. The smallest absolute Gasteiger partial charge is 0.269 e. The van der Waals surface area contributed by atoms with E-state index in [4.69, 9.17) is 11.6 Å². The Hall–Kier alpha value is -1.27. The van der Waals surface area contributed by atoms with Crippen LogP contribution in [0.15, 0.2) is 33.8 Å². The molecule has 1 aromatic heterocycles. The lowest BCUT2D eigenvalue weighted by Crippen LogP contribution is -2.22. The molecule has 0 unspecified atom stereocenters. The van der Waals surface area contributed by atoms with Gasteiger partial charge in [0.25, 0.3) is 5.56 Å². The molecular weight excluding hydrogens is 329 g/mol. The van der Waals surface area contributed by atoms with E-state index < -0.39 is 17.2 Å². The third-order valence-electron chi connectivity index (χ3n) is 2.29. The van der Waals surface area contributed by atoms with Crippen LogP contribution in [0.5, 0.6) is 0 Å². The van der Waals surface area contributed by atoms with Crippen LogP contribution in [0.2, 0.25) is 5.15 Å². The molecule has 2 aromatic rings. The fraction of sp³-hybridized carbons (Fsp3) is 0.0909. The van der Waals surface area contributed by atoms with Crippen LogP contribution in [0.3, 0.4) is 0 Å². The summed E-state index contributed by atoms with van der Waals surface area (Å²) in [5.74, 6) is -1.16. The van der Waals surface area contributed by atoms with Gasteiger partial charge in [0.15, 0.2) is 5.15 Å². The lowest BCUT2D eigenvalue weighted by Gasteiger charge is -2.07. The second-order valence-electron chi connectivity index (χ2n) is 3.52. The average molecular weight is 336 g/mol. The predicted molar refractivity (Wildman–Crippen MR) is 66.7 cm³/mol. The quantitative estimate of drug-likeness (QED) is 0.791. The van der Waals surface area contributed by atoms with Crippen LogP contribution in [0.25, 0.3) is 0 Å². The zero-order valence-electron chi connectivity index (χ0n) is 8.83. The maximum absolute atomic E-state index is 13.4. The van der Waals surface area contributed by atoms with Gasteiger partial charge in [0.2, 0.25) is 0 Å². The number of hydrogen-bond donors (Lipinski definition) is 0. The minimum Gasteiger partial charge on any atom is -0.294 e. The number of benzene rings is 1. The summed E-state index contributed by atoms with van der Waals surface area (Å²) in [7, 11) is 0. The molecule has 1 aromatic carbocycles. The molecule has 0 saturated carbocycles. The summed E-state index contributed by atoms with van der Waals surface area (Å²) in [6, 6.07) is 3.05. The highest BCUT2D eigenvalue weighted by Gasteiger charge is 2.10. The molecule has 0 bridgehead atoms. The Morgan fingerprint density at radius 1 is 1.39 bits per heavy atom. The second-order valence-corrected chi connectivity index (χ2v) is 4.67. The Balaban J connectivity index is 2.44. The lowest BCUT2D eigenvalue weighted by atomic mass is 10.2. The standard InChI is InChI=1S/C11H6BrClF2N2O/c12-9-10(13)16-5-17(11(9)18)4-6-3-7(14)1-2-8(6)15/h1-3,5H,4H2. The molecule has 0 aliphatic heterocycles. The highest BCUT2D eigenvalue weighted by atomic mass is 79.9. The lowest BCUT2D eigenvalue weighted by molar-refractivity contribution is 0.572. The van der Waals surface area contributed by atoms with Crippen molar-refractivity contribution in [1.82, 2.24) is 9.55 Å². The van der Waals surface area contributed by atoms with Crippen LogP contribution >= 0.6 is 27.5 Å². The third kappa shape index (κ3) is 2.59. The molecule has 1 heterocycles. The summed E-state index contributed by atoms with van der Waals surface area (Å²) >= 11 is 8.62. The zero-order chi connectivity index (χ0) is 13.3. The summed E-state index contributed by atoms with van der Waals surface area (Å²) in [5.41, 5.74) is -0.396. The molecule has 0 amide bonds. The fourth-order valence-electron chi connectivity index (χ4n) is 1.40. The number of nitrogens with zero attached hydrogens (tertiary/aromatic N) is 2. The van der Waals surface area contributed by atoms with Crippen molar-refractivity contribution < 1.29 is 8.78 Å². The van der Waals surface area contributed by atoms with Gasteiger partial charge < -0.3 is 0 Å². The molecule has 0 aliphatic rings. The van der Waals surface area contributed by atoms with Gasteiger partial charge in [-0.05, 0) is 34.1 Å². The predicted octanol–water partition coefficient (Wildman–Crippen LogP) is 2.99. The minimum atomic E-state index is -0.589. The topological polar surface area (TPSA) is 34.9 Å². The first-order chi connectivity index (χ1) is 8.49. The van der Waals surface area contributed by atoms with E-state index in [9.17, 15) is 13.6 Å². The van der Waals surface area contributed by atoms with Gasteiger partial charge >= 0.3 is 0 Å². The maximum Gasteiger partial charge on any atom is 0.269 e. The number of aromatic nitrogens is 2. The first-order valence-electron chi connectivity index (χ1n) is 4.83. The van der Waals surface area contributed by atoms with E-state index in [-0.39, 0.29) is 21.7 Å². The van der Waals surface area contributed by atoms with Gasteiger partial charge in [-0.25, -0.2) is 13.8 Å². The van der Waals surface area contributed by atoms with Gasteiger partial charge in [-0.2, -0.15) is 0 Å². The van der Waals surface area contributed by atoms with Crippen LogP contribution in [0.4, 0.5) is 8.78 Å². The number of rotatable bonds is 2. The fourth-order valence-corrected chi connectivity index (χ4v) is 1.86. The van der Waals surface area contributed by atoms with Gasteiger partial charge in [-0.15, -0.1) is 0 Å². The van der Waals surface area contributed by atoms with Crippen molar-refractivity contribution in [2.24, 2.45) is 0 Å². The van der Waals surface area contributed by atoms with E-state index in [1.165, 1.54) is 6.33 Å². The molecule has 0 aliphatic carbocycles. The van der Waals surface area contributed by atoms with E-state index in [0.29, 0.717) is 0 Å². The molecule has 0 saturated heterocycles. The monoisotopic (exact) mass is 334 g/mol. The van der Waals surface area contributed by atoms with Crippen molar-refractivity contribution in [1.29, 1.82) is 0 Å². The van der Waals surface area contributed by atoms with Crippen molar-refractivity contribution in [3.63, 3.8) is 0 Å². The summed E-state index contributed by atoms with van der Waals surface area (Å²) in [4.78, 5) is 15.5. The summed E-state index contributed by atoms with van der Waals surface area (Å²) in [6.07, 6.45) is 1.18. The summed E-state index contributed by atoms with van der Waals surface area (Å²) in [5, 5.41) is 0.0240. The van der Waals surface area contributed by atoms with Crippen molar-refractivity contribution in [2.75, 3.05) is 0 Å². The van der Waals surface area contributed by atoms with E-state index in [0.717, 1.165) is 22.8 Å². The molecule has 18 heavy (non-hydrogen) atoms. The maximum atomic E-state index is 13.4. The van der Waals surface area contributed by atoms with Crippen LogP contribution in [-0.4, -0.2) is 9.55 Å². The van der Waals surface area contributed by atoms with Crippen molar-refractivity contribution in [3.8, 4) is 0 Å². The van der Waals surface area contributed by atoms with Gasteiger partial charge in [0, 0.05) is 5.56 Å². The average Bonchev–Trinajstić information content (AvgIpc) is 2.34. The highest BCUT2D eigenvalue weighted by molar-refractivity contribution is 9.10. The SMILES string of the molecule is O=c1c(Br)c(Cl)ncn1Cc1cc(F)ccc1F. The summed E-state index contributed by atoms with van der Waals surface area (Å²) in [6.45, 7) is -0.120. The Kier molecular flexibility index (Phi) is 3.77. The highest BCUT2D eigenvalue weighted by Crippen LogP contribution is 2.15. The Bertz CT molecular complexity index is 660. The van der Waals surface area contributed by atoms with Gasteiger partial charge in [-0.3, -0.25) is 9.36 Å². The molecule has 0 atom stereocenters. The number of halogens is 4. The van der Waals surface area contributed by atoms with Crippen molar-refractivity contribution in [2.45, 2.75) is 6.54 Å². The molecule has 3 nitrogen and oxygen atoms in total. The summed E-state index contributed by atoms with van der Waals surface area (Å²) < 4.78 is 27.6. The van der Waals surface area contributed by atoms with Gasteiger partial charge in [0.1, 0.15) is 16.1 Å². The molecule has 0 N–H and O–H groups in total. The molecular formula is C11H6BrClF2N2O. The Morgan fingerprint density at radius 3 is 2.83 bits per heavy atom. The molecule has 0 spiro atoms. The first kappa shape index (κ1) is 13.2. The number of hydrogen-bond acceptors (Lipinski definition) is 2. The van der Waals surface area contributed by atoms with Crippen LogP contribution in [0, 0.1) is 11.6 Å². The largest absolute Gasteiger partial charge is 0.294 e.